The summed E-state index contributed by atoms with van der Waals surface area (Å²) in [5, 5.41) is 0. The molecule has 1 aromatic carbocycles. The van der Waals surface area contributed by atoms with Gasteiger partial charge in [-0.15, -0.1) is 0 Å². The predicted molar refractivity (Wildman–Crippen MR) is 62.3 cm³/mol. The van der Waals surface area contributed by atoms with Crippen LogP contribution in [0.2, 0.25) is 0 Å². The summed E-state index contributed by atoms with van der Waals surface area (Å²) in [4.78, 5) is 0. The second-order valence-electron chi connectivity index (χ2n) is 3.26. The zero-order valence-corrected chi connectivity index (χ0v) is 10.2. The van der Waals surface area contributed by atoms with Crippen molar-refractivity contribution in [3.63, 3.8) is 0 Å². The Labute approximate surface area is 89.5 Å². The molecule has 0 saturated heterocycles. The fourth-order valence-corrected chi connectivity index (χ4v) is 2.39. The van der Waals surface area contributed by atoms with Crippen LogP contribution in [0, 0.1) is 0 Å². The molecule has 1 heteroatoms. The normalized spacial score (nSPS) is 10.5. The third-order valence-electron chi connectivity index (χ3n) is 2.51. The van der Waals surface area contributed by atoms with Gasteiger partial charge < -0.3 is 0 Å². The van der Waals surface area contributed by atoms with Crippen molar-refractivity contribution in [3.05, 3.63) is 33.3 Å². The van der Waals surface area contributed by atoms with Crippen LogP contribution in [0.1, 0.15) is 37.5 Å². The molecule has 0 amide bonds. The van der Waals surface area contributed by atoms with Crippen molar-refractivity contribution < 1.29 is 0 Å². The van der Waals surface area contributed by atoms with E-state index >= 15 is 0 Å². The summed E-state index contributed by atoms with van der Waals surface area (Å²) < 4.78 is 1.22. The van der Waals surface area contributed by atoms with E-state index in [1.54, 1.807) is 5.56 Å². The van der Waals surface area contributed by atoms with Gasteiger partial charge in [0.15, 0.2) is 0 Å². The number of aryl methyl sites for hydroxylation is 2. The highest BCUT2D eigenvalue weighted by Crippen LogP contribution is 2.23. The number of hydrogen-bond acceptors (Lipinski definition) is 0. The first kappa shape index (κ1) is 10.8. The molecule has 0 fully saturated rings. The first-order valence-corrected chi connectivity index (χ1v) is 5.82. The predicted octanol–water partition coefficient (Wildman–Crippen LogP) is 4.14. The number of hydrogen-bond donors (Lipinski definition) is 0. The molecule has 0 nitrogen and oxygen atoms in total. The molecule has 0 aromatic heterocycles. The summed E-state index contributed by atoms with van der Waals surface area (Å²) in [5.41, 5.74) is 4.54. The van der Waals surface area contributed by atoms with Crippen LogP contribution in [-0.4, -0.2) is 0 Å². The van der Waals surface area contributed by atoms with Gasteiger partial charge in [-0.05, 0) is 48.1 Å². The fourth-order valence-electron chi connectivity index (χ4n) is 1.84. The molecule has 0 atom stereocenters. The molecule has 0 aliphatic carbocycles. The Hall–Kier alpha value is -0.300. The first-order chi connectivity index (χ1) is 6.22. The lowest BCUT2D eigenvalue weighted by Crippen LogP contribution is -1.97. The van der Waals surface area contributed by atoms with Gasteiger partial charge in [-0.2, -0.15) is 0 Å². The van der Waals surface area contributed by atoms with E-state index in [1.807, 2.05) is 0 Å². The van der Waals surface area contributed by atoms with Gasteiger partial charge in [-0.3, -0.25) is 0 Å². The van der Waals surface area contributed by atoms with Crippen LogP contribution in [0.5, 0.6) is 0 Å². The summed E-state index contributed by atoms with van der Waals surface area (Å²) in [6.45, 7) is 6.68. The minimum atomic E-state index is 1.13. The molecular weight excluding hydrogens is 224 g/mol. The molecule has 72 valence electrons. The average molecular weight is 241 g/mol. The molecule has 0 heterocycles. The lowest BCUT2D eigenvalue weighted by molar-refractivity contribution is 0.978. The minimum Gasteiger partial charge on any atom is -0.0613 e. The molecule has 1 aromatic rings. The Morgan fingerprint density at radius 3 is 1.69 bits per heavy atom. The third kappa shape index (κ3) is 2.34. The van der Waals surface area contributed by atoms with Gasteiger partial charge in [0.2, 0.25) is 0 Å². The lowest BCUT2D eigenvalue weighted by atomic mass is 9.96. The van der Waals surface area contributed by atoms with E-state index in [-0.39, 0.29) is 0 Å². The molecule has 0 saturated carbocycles. The second-order valence-corrected chi connectivity index (χ2v) is 4.18. The fraction of sp³-hybridized carbons (Fsp3) is 0.500. The molecule has 0 N–H and O–H groups in total. The zero-order valence-electron chi connectivity index (χ0n) is 8.65. The molecule has 0 aliphatic rings. The number of benzene rings is 1. The maximum atomic E-state index is 3.56. The minimum absolute atomic E-state index is 1.13. The Morgan fingerprint density at radius 2 is 1.38 bits per heavy atom. The zero-order chi connectivity index (χ0) is 9.84. The van der Waals surface area contributed by atoms with Gasteiger partial charge in [-0.1, -0.05) is 36.7 Å². The van der Waals surface area contributed by atoms with Crippen molar-refractivity contribution in [3.8, 4) is 0 Å². The topological polar surface area (TPSA) is 0 Å². The van der Waals surface area contributed by atoms with E-state index in [0.29, 0.717) is 0 Å². The van der Waals surface area contributed by atoms with Crippen LogP contribution in [0.25, 0.3) is 0 Å². The van der Waals surface area contributed by atoms with Gasteiger partial charge in [0, 0.05) is 4.47 Å². The maximum absolute atomic E-state index is 3.56. The SMILES string of the molecule is CCc1cc(Br)cc(CC)c1CC. The van der Waals surface area contributed by atoms with Crippen molar-refractivity contribution in [1.29, 1.82) is 0 Å². The van der Waals surface area contributed by atoms with E-state index in [4.69, 9.17) is 0 Å². The first-order valence-electron chi connectivity index (χ1n) is 5.03. The van der Waals surface area contributed by atoms with E-state index in [2.05, 4.69) is 48.8 Å². The highest BCUT2D eigenvalue weighted by Gasteiger charge is 2.05. The van der Waals surface area contributed by atoms with Crippen LogP contribution < -0.4 is 0 Å². The van der Waals surface area contributed by atoms with Gasteiger partial charge >= 0.3 is 0 Å². The lowest BCUT2D eigenvalue weighted by Gasteiger charge is -2.11. The Morgan fingerprint density at radius 1 is 0.923 bits per heavy atom. The molecule has 0 spiro atoms. The van der Waals surface area contributed by atoms with Crippen molar-refractivity contribution in [1.82, 2.24) is 0 Å². The summed E-state index contributed by atoms with van der Waals surface area (Å²) in [6.07, 6.45) is 3.42. The Kier molecular flexibility index (Phi) is 3.98. The van der Waals surface area contributed by atoms with E-state index in [1.165, 1.54) is 15.6 Å². The van der Waals surface area contributed by atoms with Crippen LogP contribution in [0.3, 0.4) is 0 Å². The van der Waals surface area contributed by atoms with Gasteiger partial charge in [0.1, 0.15) is 0 Å². The molecule has 0 unspecified atom stereocenters. The molecule has 0 aliphatic heterocycles. The second kappa shape index (κ2) is 4.80. The Balaban J connectivity index is 3.25. The maximum Gasteiger partial charge on any atom is 0.0180 e. The van der Waals surface area contributed by atoms with Gasteiger partial charge in [0.25, 0.3) is 0 Å². The molecule has 0 bridgehead atoms. The summed E-state index contributed by atoms with van der Waals surface area (Å²) in [7, 11) is 0. The monoisotopic (exact) mass is 240 g/mol. The van der Waals surface area contributed by atoms with Crippen molar-refractivity contribution in [2.75, 3.05) is 0 Å². The van der Waals surface area contributed by atoms with Crippen LogP contribution in [-0.2, 0) is 19.3 Å². The largest absolute Gasteiger partial charge is 0.0613 e. The van der Waals surface area contributed by atoms with E-state index in [0.717, 1.165) is 19.3 Å². The molecule has 13 heavy (non-hydrogen) atoms. The summed E-state index contributed by atoms with van der Waals surface area (Å²) in [5.74, 6) is 0. The Bertz CT molecular complexity index is 264. The van der Waals surface area contributed by atoms with Crippen molar-refractivity contribution in [2.45, 2.75) is 40.0 Å². The van der Waals surface area contributed by atoms with Crippen molar-refractivity contribution in [2.24, 2.45) is 0 Å². The van der Waals surface area contributed by atoms with Crippen LogP contribution in [0.15, 0.2) is 16.6 Å². The third-order valence-corrected chi connectivity index (χ3v) is 2.97. The molecular formula is C12H17Br. The van der Waals surface area contributed by atoms with Crippen LogP contribution in [0.4, 0.5) is 0 Å². The highest BCUT2D eigenvalue weighted by molar-refractivity contribution is 9.10. The number of rotatable bonds is 3. The van der Waals surface area contributed by atoms with E-state index < -0.39 is 0 Å². The highest BCUT2D eigenvalue weighted by atomic mass is 79.9. The molecule has 1 rings (SSSR count). The van der Waals surface area contributed by atoms with Gasteiger partial charge in [0.05, 0.1) is 0 Å². The summed E-state index contributed by atoms with van der Waals surface area (Å²) >= 11 is 3.56. The smallest absolute Gasteiger partial charge is 0.0180 e. The quantitative estimate of drug-likeness (QED) is 0.746. The average Bonchev–Trinajstić information content (AvgIpc) is 2.16. The summed E-state index contributed by atoms with van der Waals surface area (Å²) in [6, 6.07) is 4.50. The molecule has 0 radical (unpaired) electrons. The van der Waals surface area contributed by atoms with E-state index in [9.17, 15) is 0 Å². The number of halogens is 1. The van der Waals surface area contributed by atoms with Gasteiger partial charge in [-0.25, -0.2) is 0 Å². The van der Waals surface area contributed by atoms with Crippen molar-refractivity contribution >= 4 is 15.9 Å². The van der Waals surface area contributed by atoms with Crippen LogP contribution >= 0.6 is 15.9 Å². The standard InChI is InChI=1S/C12H17Br/c1-4-9-7-11(13)8-10(5-2)12(9)6-3/h7-8H,4-6H2,1-3H3.